The number of hydrogen-bond donors (Lipinski definition) is 1. The van der Waals surface area contributed by atoms with E-state index in [4.69, 9.17) is 14.2 Å². The van der Waals surface area contributed by atoms with Crippen molar-refractivity contribution in [3.05, 3.63) is 52.8 Å². The monoisotopic (exact) mass is 423 g/mol. The number of phenolic OH excluding ortho intramolecular Hbond substituents is 1. The number of phenols is 1. The molecule has 1 saturated heterocycles. The molecule has 0 unspecified atom stereocenters. The van der Waals surface area contributed by atoms with Crippen LogP contribution in [-0.2, 0) is 6.54 Å². The first-order valence-electron chi connectivity index (χ1n) is 10.6. The molecule has 6 nitrogen and oxygen atoms in total. The SMILES string of the molecule is COc1cccc(C=C2Oc3c(ccc(O)c3CN3C[C@H](C)C[C@H](C)C3)C2=O)c1OC. The van der Waals surface area contributed by atoms with E-state index >= 15 is 0 Å². The number of para-hydroxylation sites is 1. The van der Waals surface area contributed by atoms with E-state index in [1.54, 1.807) is 38.5 Å². The molecule has 4 rings (SSSR count). The number of allylic oxidation sites excluding steroid dienone is 1. The summed E-state index contributed by atoms with van der Waals surface area (Å²) in [6.07, 6.45) is 2.87. The Balaban J connectivity index is 1.67. The number of ether oxygens (including phenoxy) is 3. The molecular weight excluding hydrogens is 394 g/mol. The van der Waals surface area contributed by atoms with Crippen molar-refractivity contribution in [3.8, 4) is 23.0 Å². The van der Waals surface area contributed by atoms with Gasteiger partial charge < -0.3 is 19.3 Å². The zero-order chi connectivity index (χ0) is 22.1. The summed E-state index contributed by atoms with van der Waals surface area (Å²) in [5.41, 5.74) is 1.81. The Morgan fingerprint density at radius 3 is 2.55 bits per heavy atom. The van der Waals surface area contributed by atoms with Crippen molar-refractivity contribution in [1.82, 2.24) is 4.90 Å². The highest BCUT2D eigenvalue weighted by Gasteiger charge is 2.33. The Morgan fingerprint density at radius 1 is 1.13 bits per heavy atom. The first-order valence-corrected chi connectivity index (χ1v) is 10.6. The number of rotatable bonds is 5. The quantitative estimate of drug-likeness (QED) is 0.714. The van der Waals surface area contributed by atoms with Gasteiger partial charge in [-0.3, -0.25) is 9.69 Å². The summed E-state index contributed by atoms with van der Waals surface area (Å²) in [6.45, 7) is 6.98. The molecule has 0 spiro atoms. The van der Waals surface area contributed by atoms with Crippen molar-refractivity contribution in [1.29, 1.82) is 0 Å². The average Bonchev–Trinajstić information content (AvgIpc) is 3.05. The maximum Gasteiger partial charge on any atom is 0.231 e. The number of Topliss-reactive ketones (excluding diaryl/α,β-unsaturated/α-hetero) is 1. The van der Waals surface area contributed by atoms with E-state index in [0.29, 0.717) is 52.3 Å². The molecule has 2 aromatic carbocycles. The van der Waals surface area contributed by atoms with Gasteiger partial charge in [-0.15, -0.1) is 0 Å². The van der Waals surface area contributed by atoms with Gasteiger partial charge in [0.1, 0.15) is 11.5 Å². The number of nitrogens with zero attached hydrogens (tertiary/aromatic N) is 1. The number of benzene rings is 2. The van der Waals surface area contributed by atoms with E-state index < -0.39 is 0 Å². The minimum atomic E-state index is -0.207. The lowest BCUT2D eigenvalue weighted by Crippen LogP contribution is -2.38. The molecule has 0 radical (unpaired) electrons. The molecule has 1 fully saturated rings. The summed E-state index contributed by atoms with van der Waals surface area (Å²) < 4.78 is 16.9. The normalized spacial score (nSPS) is 22.3. The van der Waals surface area contributed by atoms with Crippen molar-refractivity contribution >= 4 is 11.9 Å². The Bertz CT molecular complexity index is 1020. The molecule has 164 valence electrons. The molecule has 6 heteroatoms. The lowest BCUT2D eigenvalue weighted by molar-refractivity contribution is 0.101. The molecule has 0 bridgehead atoms. The van der Waals surface area contributed by atoms with E-state index in [-0.39, 0.29) is 17.3 Å². The van der Waals surface area contributed by atoms with Gasteiger partial charge in [0.15, 0.2) is 17.3 Å². The minimum Gasteiger partial charge on any atom is -0.507 e. The molecule has 2 aromatic rings. The van der Waals surface area contributed by atoms with Gasteiger partial charge in [-0.05, 0) is 42.5 Å². The second kappa shape index (κ2) is 8.63. The zero-order valence-electron chi connectivity index (χ0n) is 18.5. The molecule has 2 heterocycles. The Labute approximate surface area is 183 Å². The van der Waals surface area contributed by atoms with Crippen LogP contribution in [0.15, 0.2) is 36.1 Å². The summed E-state index contributed by atoms with van der Waals surface area (Å²) in [4.78, 5) is 15.4. The summed E-state index contributed by atoms with van der Waals surface area (Å²) >= 11 is 0. The van der Waals surface area contributed by atoms with Gasteiger partial charge in [0.25, 0.3) is 0 Å². The largest absolute Gasteiger partial charge is 0.507 e. The van der Waals surface area contributed by atoms with E-state index in [2.05, 4.69) is 18.7 Å². The maximum absolute atomic E-state index is 13.1. The fraction of sp³-hybridized carbons (Fsp3) is 0.400. The molecule has 2 aliphatic heterocycles. The maximum atomic E-state index is 13.1. The van der Waals surface area contributed by atoms with Crippen molar-refractivity contribution < 1.29 is 24.1 Å². The van der Waals surface area contributed by atoms with Crippen LogP contribution in [0, 0.1) is 11.8 Å². The smallest absolute Gasteiger partial charge is 0.231 e. The van der Waals surface area contributed by atoms with Crippen LogP contribution in [0.4, 0.5) is 0 Å². The van der Waals surface area contributed by atoms with E-state index in [9.17, 15) is 9.90 Å². The van der Waals surface area contributed by atoms with Crippen molar-refractivity contribution in [2.24, 2.45) is 11.8 Å². The lowest BCUT2D eigenvalue weighted by atomic mass is 9.91. The number of carbonyl (C=O) groups is 1. The number of carbonyl (C=O) groups excluding carboxylic acids is 1. The van der Waals surface area contributed by atoms with Crippen LogP contribution >= 0.6 is 0 Å². The highest BCUT2D eigenvalue weighted by molar-refractivity contribution is 6.15. The first kappa shape index (κ1) is 21.2. The number of methoxy groups -OCH3 is 2. The van der Waals surface area contributed by atoms with Gasteiger partial charge in [-0.2, -0.15) is 0 Å². The Morgan fingerprint density at radius 2 is 1.87 bits per heavy atom. The Kier molecular flexibility index (Phi) is 5.92. The van der Waals surface area contributed by atoms with Crippen LogP contribution in [0.25, 0.3) is 6.08 Å². The second-order valence-corrected chi connectivity index (χ2v) is 8.60. The summed E-state index contributed by atoms with van der Waals surface area (Å²) in [5, 5.41) is 10.6. The molecule has 0 amide bonds. The van der Waals surface area contributed by atoms with E-state index in [0.717, 1.165) is 13.1 Å². The van der Waals surface area contributed by atoms with Gasteiger partial charge in [0, 0.05) is 25.2 Å². The van der Waals surface area contributed by atoms with Crippen LogP contribution < -0.4 is 14.2 Å². The highest BCUT2D eigenvalue weighted by Crippen LogP contribution is 2.41. The average molecular weight is 424 g/mol. The van der Waals surface area contributed by atoms with E-state index in [1.165, 1.54) is 6.42 Å². The second-order valence-electron chi connectivity index (χ2n) is 8.60. The van der Waals surface area contributed by atoms with Gasteiger partial charge in [-0.25, -0.2) is 0 Å². The molecule has 0 aliphatic carbocycles. The number of hydrogen-bond acceptors (Lipinski definition) is 6. The third-order valence-electron chi connectivity index (χ3n) is 5.96. The van der Waals surface area contributed by atoms with Gasteiger partial charge in [-0.1, -0.05) is 26.0 Å². The van der Waals surface area contributed by atoms with Crippen molar-refractivity contribution in [2.45, 2.75) is 26.8 Å². The molecular formula is C25H29NO5. The van der Waals surface area contributed by atoms with Crippen molar-refractivity contribution in [3.63, 3.8) is 0 Å². The summed E-state index contributed by atoms with van der Waals surface area (Å²) in [5.74, 6) is 2.90. The Hall–Kier alpha value is -2.99. The standard InChI is InChI=1S/C25H29NO5/c1-15-10-16(2)13-26(12-15)14-19-20(27)9-8-18-23(28)22(31-25(18)19)11-17-6-5-7-21(29-3)24(17)30-4/h5-9,11,15-16,27H,10,12-14H2,1-4H3/t15-,16+. The lowest BCUT2D eigenvalue weighted by Gasteiger charge is -2.35. The van der Waals surface area contributed by atoms with Gasteiger partial charge in [0.05, 0.1) is 25.3 Å². The number of fused-ring (bicyclic) bond motifs is 1. The van der Waals surface area contributed by atoms with Crippen LogP contribution in [-0.4, -0.2) is 43.1 Å². The molecule has 1 N–H and O–H groups in total. The molecule has 2 aliphatic rings. The predicted molar refractivity (Wildman–Crippen MR) is 119 cm³/mol. The molecule has 2 atom stereocenters. The fourth-order valence-corrected chi connectivity index (χ4v) is 4.76. The van der Waals surface area contributed by atoms with Crippen LogP contribution in [0.5, 0.6) is 23.0 Å². The van der Waals surface area contributed by atoms with Gasteiger partial charge in [0.2, 0.25) is 5.78 Å². The number of ketones is 1. The predicted octanol–water partition coefficient (Wildman–Crippen LogP) is 4.50. The molecule has 31 heavy (non-hydrogen) atoms. The fourth-order valence-electron chi connectivity index (χ4n) is 4.76. The molecule has 0 aromatic heterocycles. The number of aromatic hydroxyl groups is 1. The van der Waals surface area contributed by atoms with Crippen LogP contribution in [0.1, 0.15) is 41.8 Å². The zero-order valence-corrected chi connectivity index (χ0v) is 18.5. The molecule has 0 saturated carbocycles. The topological polar surface area (TPSA) is 68.2 Å². The first-order chi connectivity index (χ1) is 14.9. The van der Waals surface area contributed by atoms with Gasteiger partial charge >= 0.3 is 0 Å². The van der Waals surface area contributed by atoms with Crippen molar-refractivity contribution in [2.75, 3.05) is 27.3 Å². The summed E-state index contributed by atoms with van der Waals surface area (Å²) in [6, 6.07) is 8.67. The van der Waals surface area contributed by atoms with E-state index in [1.807, 2.05) is 12.1 Å². The minimum absolute atomic E-state index is 0.151. The third kappa shape index (κ3) is 4.12. The highest BCUT2D eigenvalue weighted by atomic mass is 16.5. The number of likely N-dealkylation sites (tertiary alicyclic amines) is 1. The summed E-state index contributed by atoms with van der Waals surface area (Å²) in [7, 11) is 3.13. The third-order valence-corrected chi connectivity index (χ3v) is 5.96. The number of piperidine rings is 1. The van der Waals surface area contributed by atoms with Crippen LogP contribution in [0.3, 0.4) is 0 Å². The van der Waals surface area contributed by atoms with Crippen LogP contribution in [0.2, 0.25) is 0 Å².